The van der Waals surface area contributed by atoms with E-state index in [2.05, 4.69) is 0 Å². The van der Waals surface area contributed by atoms with Crippen molar-refractivity contribution in [2.24, 2.45) is 5.73 Å². The number of benzene rings is 1. The Bertz CT molecular complexity index is 587. The molecule has 1 aromatic carbocycles. The van der Waals surface area contributed by atoms with Crippen molar-refractivity contribution in [1.82, 2.24) is 4.90 Å². The molecule has 0 bridgehead atoms. The number of fused-ring (bicyclic) bond motifs is 1. The van der Waals surface area contributed by atoms with E-state index in [4.69, 9.17) is 20.9 Å². The fourth-order valence-electron chi connectivity index (χ4n) is 2.60. The quantitative estimate of drug-likeness (QED) is 0.745. The average Bonchev–Trinajstić information content (AvgIpc) is 3.04. The number of ether oxygens (including phenoxy) is 2. The van der Waals surface area contributed by atoms with Crippen LogP contribution in [0, 0.1) is 0 Å². The molecule has 0 saturated carbocycles. The maximum atomic E-state index is 12.5. The summed E-state index contributed by atoms with van der Waals surface area (Å²) in [4.78, 5) is 25.4. The van der Waals surface area contributed by atoms with Crippen molar-refractivity contribution in [3.63, 3.8) is 0 Å². The number of likely N-dealkylation sites (tertiary alicyclic amines) is 1. The minimum atomic E-state index is -0.563. The Labute approximate surface area is 115 Å². The summed E-state index contributed by atoms with van der Waals surface area (Å²) in [5.41, 5.74) is 11.8. The zero-order valence-corrected chi connectivity index (χ0v) is 10.8. The zero-order chi connectivity index (χ0) is 14.3. The van der Waals surface area contributed by atoms with E-state index in [9.17, 15) is 9.59 Å². The Balaban J connectivity index is 1.93. The number of rotatable bonds is 2. The second-order valence-corrected chi connectivity index (χ2v) is 4.85. The molecular weight excluding hydrogens is 262 g/mol. The first-order valence-electron chi connectivity index (χ1n) is 6.37. The lowest BCUT2D eigenvalue weighted by atomic mass is 10.1. The third kappa shape index (κ3) is 1.91. The van der Waals surface area contributed by atoms with Gasteiger partial charge in [0.1, 0.15) is 6.04 Å². The van der Waals surface area contributed by atoms with E-state index in [0.29, 0.717) is 35.7 Å². The smallest absolute Gasteiger partial charge is 0.256 e. The molecule has 2 aliphatic rings. The number of hydrogen-bond donors (Lipinski definition) is 2. The highest BCUT2D eigenvalue weighted by molar-refractivity contribution is 6.02. The number of nitrogens with two attached hydrogens (primary N) is 2. The molecule has 3 rings (SSSR count). The minimum Gasteiger partial charge on any atom is -0.454 e. The van der Waals surface area contributed by atoms with Gasteiger partial charge >= 0.3 is 0 Å². The van der Waals surface area contributed by atoms with Gasteiger partial charge in [-0.25, -0.2) is 0 Å². The fraction of sp³-hybridized carbons (Fsp3) is 0.385. The van der Waals surface area contributed by atoms with Gasteiger partial charge in [0.15, 0.2) is 11.5 Å². The molecule has 2 heterocycles. The van der Waals surface area contributed by atoms with Crippen molar-refractivity contribution in [3.8, 4) is 11.5 Å². The van der Waals surface area contributed by atoms with Crippen LogP contribution in [0.25, 0.3) is 0 Å². The number of hydrogen-bond acceptors (Lipinski definition) is 5. The topological polar surface area (TPSA) is 108 Å². The lowest BCUT2D eigenvalue weighted by Gasteiger charge is -2.23. The molecule has 2 aliphatic heterocycles. The number of nitrogen functional groups attached to an aromatic ring is 1. The molecule has 7 nitrogen and oxygen atoms in total. The monoisotopic (exact) mass is 277 g/mol. The summed E-state index contributed by atoms with van der Waals surface area (Å²) in [5, 5.41) is 0. The van der Waals surface area contributed by atoms with Gasteiger partial charge in [-0.1, -0.05) is 0 Å². The molecule has 4 N–H and O–H groups in total. The number of nitrogens with zero attached hydrogens (tertiary/aromatic N) is 1. The average molecular weight is 277 g/mol. The van der Waals surface area contributed by atoms with E-state index in [1.165, 1.54) is 4.90 Å². The Morgan fingerprint density at radius 3 is 2.65 bits per heavy atom. The first-order valence-corrected chi connectivity index (χ1v) is 6.37. The van der Waals surface area contributed by atoms with Crippen molar-refractivity contribution in [2.45, 2.75) is 18.9 Å². The number of carbonyl (C=O) groups excluding carboxylic acids is 2. The molecule has 0 aliphatic carbocycles. The molecule has 1 atom stereocenters. The third-order valence-corrected chi connectivity index (χ3v) is 3.62. The van der Waals surface area contributed by atoms with Gasteiger partial charge in [0.05, 0.1) is 5.56 Å². The van der Waals surface area contributed by atoms with Gasteiger partial charge in [0.25, 0.3) is 5.91 Å². The van der Waals surface area contributed by atoms with Gasteiger partial charge in [0, 0.05) is 18.3 Å². The number of primary amides is 1. The van der Waals surface area contributed by atoms with E-state index in [1.54, 1.807) is 12.1 Å². The van der Waals surface area contributed by atoms with Crippen molar-refractivity contribution in [2.75, 3.05) is 19.1 Å². The molecule has 20 heavy (non-hydrogen) atoms. The van der Waals surface area contributed by atoms with E-state index in [1.807, 2.05) is 0 Å². The highest BCUT2D eigenvalue weighted by Crippen LogP contribution is 2.36. The molecule has 1 aromatic rings. The Morgan fingerprint density at radius 1 is 1.25 bits per heavy atom. The number of amides is 2. The van der Waals surface area contributed by atoms with Crippen molar-refractivity contribution in [3.05, 3.63) is 17.7 Å². The van der Waals surface area contributed by atoms with E-state index in [-0.39, 0.29) is 12.7 Å². The molecule has 0 aromatic heterocycles. The highest BCUT2D eigenvalue weighted by atomic mass is 16.7. The van der Waals surface area contributed by atoms with Gasteiger partial charge in [0.2, 0.25) is 12.7 Å². The molecule has 0 radical (unpaired) electrons. The molecular formula is C13H15N3O4. The van der Waals surface area contributed by atoms with Gasteiger partial charge in [-0.2, -0.15) is 0 Å². The second-order valence-electron chi connectivity index (χ2n) is 4.85. The van der Waals surface area contributed by atoms with Crippen LogP contribution in [0.1, 0.15) is 23.2 Å². The molecule has 7 heteroatoms. The van der Waals surface area contributed by atoms with Crippen LogP contribution in [-0.2, 0) is 4.79 Å². The summed E-state index contributed by atoms with van der Waals surface area (Å²) in [5.74, 6) is 0.210. The first-order chi connectivity index (χ1) is 9.58. The minimum absolute atomic E-state index is 0.111. The Morgan fingerprint density at radius 2 is 1.95 bits per heavy atom. The van der Waals surface area contributed by atoms with Crippen LogP contribution in [0.2, 0.25) is 0 Å². The van der Waals surface area contributed by atoms with Gasteiger partial charge < -0.3 is 25.8 Å². The van der Waals surface area contributed by atoms with Crippen LogP contribution in [0.4, 0.5) is 5.69 Å². The summed E-state index contributed by atoms with van der Waals surface area (Å²) in [7, 11) is 0. The highest BCUT2D eigenvalue weighted by Gasteiger charge is 2.34. The van der Waals surface area contributed by atoms with Gasteiger partial charge in [-0.05, 0) is 18.9 Å². The molecule has 2 amide bonds. The van der Waals surface area contributed by atoms with Gasteiger partial charge in [-0.15, -0.1) is 0 Å². The van der Waals surface area contributed by atoms with Crippen molar-refractivity contribution < 1.29 is 19.1 Å². The molecule has 1 fully saturated rings. The molecule has 1 unspecified atom stereocenters. The van der Waals surface area contributed by atoms with E-state index in [0.717, 1.165) is 6.42 Å². The lowest BCUT2D eigenvalue weighted by molar-refractivity contribution is -0.121. The largest absolute Gasteiger partial charge is 0.454 e. The van der Waals surface area contributed by atoms with E-state index >= 15 is 0 Å². The van der Waals surface area contributed by atoms with E-state index < -0.39 is 11.9 Å². The second kappa shape index (κ2) is 4.59. The fourth-order valence-corrected chi connectivity index (χ4v) is 2.60. The zero-order valence-electron chi connectivity index (χ0n) is 10.8. The molecule has 106 valence electrons. The summed E-state index contributed by atoms with van der Waals surface area (Å²) in [6.45, 7) is 0.611. The van der Waals surface area contributed by atoms with Crippen LogP contribution >= 0.6 is 0 Å². The predicted molar refractivity (Wildman–Crippen MR) is 70.2 cm³/mol. The van der Waals surface area contributed by atoms with Crippen LogP contribution in [-0.4, -0.2) is 36.1 Å². The lowest BCUT2D eigenvalue weighted by Crippen LogP contribution is -2.43. The van der Waals surface area contributed by atoms with Crippen LogP contribution in [0.3, 0.4) is 0 Å². The maximum absolute atomic E-state index is 12.5. The SMILES string of the molecule is NC(=O)C1CCCN1C(=O)c1cc2c(cc1N)OCO2. The molecule has 1 saturated heterocycles. The summed E-state index contributed by atoms with van der Waals surface area (Å²) in [6.07, 6.45) is 1.34. The van der Waals surface area contributed by atoms with Crippen LogP contribution < -0.4 is 20.9 Å². The maximum Gasteiger partial charge on any atom is 0.256 e. The normalized spacial score (nSPS) is 20.2. The van der Waals surface area contributed by atoms with Gasteiger partial charge in [-0.3, -0.25) is 9.59 Å². The van der Waals surface area contributed by atoms with Crippen molar-refractivity contribution >= 4 is 17.5 Å². The summed E-state index contributed by atoms with van der Waals surface area (Å²) >= 11 is 0. The predicted octanol–water partition coefficient (Wildman–Crippen LogP) is 0.0874. The Hall–Kier alpha value is -2.44. The first kappa shape index (κ1) is 12.6. The molecule has 0 spiro atoms. The number of carbonyl (C=O) groups is 2. The van der Waals surface area contributed by atoms with Crippen molar-refractivity contribution in [1.29, 1.82) is 0 Å². The van der Waals surface area contributed by atoms with Crippen LogP contribution in [0.5, 0.6) is 11.5 Å². The van der Waals surface area contributed by atoms with Crippen LogP contribution in [0.15, 0.2) is 12.1 Å². The third-order valence-electron chi connectivity index (χ3n) is 3.62. The summed E-state index contributed by atoms with van der Waals surface area (Å²) in [6, 6.07) is 2.55. The standard InChI is InChI=1S/C13H15N3O4/c14-8-5-11-10(19-6-20-11)4-7(8)13(18)16-3-1-2-9(16)12(15)17/h4-5,9H,1-3,6,14H2,(H2,15,17). The summed E-state index contributed by atoms with van der Waals surface area (Å²) < 4.78 is 10.4. The Kier molecular flexibility index (Phi) is 2.89. The number of anilines is 1.